The maximum absolute atomic E-state index is 5.57. The average molecular weight is 226 g/mol. The van der Waals surface area contributed by atoms with Crippen molar-refractivity contribution in [2.24, 2.45) is 0 Å². The molecule has 0 saturated carbocycles. The van der Waals surface area contributed by atoms with E-state index in [4.69, 9.17) is 5.73 Å². The van der Waals surface area contributed by atoms with Gasteiger partial charge in [0, 0.05) is 6.20 Å². The highest BCUT2D eigenvalue weighted by molar-refractivity contribution is 5.70. The second kappa shape index (κ2) is 3.82. The fourth-order valence-corrected chi connectivity index (χ4v) is 1.65. The molecule has 84 valence electrons. The summed E-state index contributed by atoms with van der Waals surface area (Å²) in [6.07, 6.45) is 5.10. The molecule has 0 saturated heterocycles. The predicted molar refractivity (Wildman–Crippen MR) is 63.1 cm³/mol. The lowest BCUT2D eigenvalue weighted by Gasteiger charge is -2.02. The fraction of sp³-hybridized carbons (Fsp3) is 0.0909. The van der Waals surface area contributed by atoms with Crippen molar-refractivity contribution in [3.8, 4) is 0 Å². The van der Waals surface area contributed by atoms with Crippen LogP contribution < -0.4 is 5.73 Å². The van der Waals surface area contributed by atoms with Gasteiger partial charge in [0.25, 0.3) is 0 Å². The van der Waals surface area contributed by atoms with Gasteiger partial charge in [0.1, 0.15) is 5.52 Å². The molecule has 0 atom stereocenters. The molecule has 0 aliphatic heterocycles. The summed E-state index contributed by atoms with van der Waals surface area (Å²) in [6.45, 7) is 0.619. The number of fused-ring (bicyclic) bond motifs is 1. The minimum absolute atomic E-state index is 0.250. The molecule has 0 amide bonds. The van der Waals surface area contributed by atoms with E-state index in [1.54, 1.807) is 18.7 Å². The fourth-order valence-electron chi connectivity index (χ4n) is 1.65. The number of anilines is 1. The van der Waals surface area contributed by atoms with Crippen molar-refractivity contribution in [2.75, 3.05) is 5.73 Å². The first-order valence-electron chi connectivity index (χ1n) is 5.16. The van der Waals surface area contributed by atoms with Gasteiger partial charge in [-0.05, 0) is 12.1 Å². The van der Waals surface area contributed by atoms with Crippen LogP contribution in [-0.2, 0) is 6.54 Å². The van der Waals surface area contributed by atoms with E-state index < -0.39 is 0 Å². The molecule has 6 nitrogen and oxygen atoms in total. The molecule has 3 heterocycles. The van der Waals surface area contributed by atoms with Gasteiger partial charge in [-0.25, -0.2) is 9.97 Å². The third-order valence-electron chi connectivity index (χ3n) is 2.44. The van der Waals surface area contributed by atoms with Crippen LogP contribution in [0.1, 0.15) is 5.69 Å². The molecular formula is C11H10N6. The molecule has 0 aromatic carbocycles. The summed E-state index contributed by atoms with van der Waals surface area (Å²) in [6, 6.07) is 5.79. The van der Waals surface area contributed by atoms with Crippen LogP contribution in [0.3, 0.4) is 0 Å². The Balaban J connectivity index is 2.03. The number of aromatic nitrogens is 5. The summed E-state index contributed by atoms with van der Waals surface area (Å²) in [5.74, 6) is 0.250. The zero-order valence-electron chi connectivity index (χ0n) is 8.98. The van der Waals surface area contributed by atoms with Gasteiger partial charge in [0.2, 0.25) is 5.95 Å². The molecule has 0 aliphatic rings. The molecule has 0 fully saturated rings. The minimum Gasteiger partial charge on any atom is -0.368 e. The summed E-state index contributed by atoms with van der Waals surface area (Å²) >= 11 is 0. The van der Waals surface area contributed by atoms with E-state index in [9.17, 15) is 0 Å². The Hall–Kier alpha value is -2.50. The van der Waals surface area contributed by atoms with Crippen LogP contribution in [0.15, 0.2) is 36.9 Å². The number of nitrogens with two attached hydrogens (primary N) is 1. The molecule has 0 unspecified atom stereocenters. The number of nitrogens with zero attached hydrogens (tertiary/aromatic N) is 5. The number of hydrogen-bond acceptors (Lipinski definition) is 5. The lowest BCUT2D eigenvalue weighted by Crippen LogP contribution is -2.02. The van der Waals surface area contributed by atoms with Crippen LogP contribution in [0.2, 0.25) is 0 Å². The molecule has 17 heavy (non-hydrogen) atoms. The molecule has 3 rings (SSSR count). The first kappa shape index (κ1) is 9.71. The van der Waals surface area contributed by atoms with E-state index >= 15 is 0 Å². The zero-order valence-corrected chi connectivity index (χ0v) is 8.98. The third kappa shape index (κ3) is 1.80. The Morgan fingerprint density at radius 1 is 1.18 bits per heavy atom. The number of rotatable bonds is 2. The van der Waals surface area contributed by atoms with Gasteiger partial charge >= 0.3 is 0 Å². The second-order valence-corrected chi connectivity index (χ2v) is 3.63. The second-order valence-electron chi connectivity index (χ2n) is 3.63. The van der Waals surface area contributed by atoms with Gasteiger partial charge in [0.15, 0.2) is 5.65 Å². The Morgan fingerprint density at radius 3 is 2.94 bits per heavy atom. The number of hydrogen-bond donors (Lipinski definition) is 1. The molecule has 3 aromatic heterocycles. The number of imidazole rings is 1. The Morgan fingerprint density at radius 2 is 2.12 bits per heavy atom. The van der Waals surface area contributed by atoms with Crippen molar-refractivity contribution in [3.63, 3.8) is 0 Å². The maximum atomic E-state index is 5.57. The van der Waals surface area contributed by atoms with Crippen LogP contribution in [0.4, 0.5) is 5.95 Å². The summed E-state index contributed by atoms with van der Waals surface area (Å²) < 4.78 is 1.90. The Bertz CT molecular complexity index is 645. The molecule has 0 radical (unpaired) electrons. The van der Waals surface area contributed by atoms with Crippen molar-refractivity contribution < 1.29 is 0 Å². The summed E-state index contributed by atoms with van der Waals surface area (Å²) in [5.41, 5.74) is 7.97. The largest absolute Gasteiger partial charge is 0.368 e. The lowest BCUT2D eigenvalue weighted by molar-refractivity contribution is 0.788. The molecule has 6 heteroatoms. The summed E-state index contributed by atoms with van der Waals surface area (Å²) in [4.78, 5) is 16.5. The minimum atomic E-state index is 0.250. The van der Waals surface area contributed by atoms with Gasteiger partial charge < -0.3 is 10.3 Å². The van der Waals surface area contributed by atoms with E-state index in [0.29, 0.717) is 6.54 Å². The van der Waals surface area contributed by atoms with E-state index in [1.165, 1.54) is 0 Å². The van der Waals surface area contributed by atoms with Crippen LogP contribution in [0.5, 0.6) is 0 Å². The van der Waals surface area contributed by atoms with Crippen LogP contribution >= 0.6 is 0 Å². The number of pyridine rings is 1. The molecule has 0 aliphatic carbocycles. The highest BCUT2D eigenvalue weighted by Gasteiger charge is 2.05. The third-order valence-corrected chi connectivity index (χ3v) is 2.44. The van der Waals surface area contributed by atoms with Gasteiger partial charge in [-0.1, -0.05) is 6.07 Å². The van der Waals surface area contributed by atoms with Crippen molar-refractivity contribution in [1.82, 2.24) is 24.5 Å². The highest BCUT2D eigenvalue weighted by atomic mass is 15.1. The standard InChI is InChI=1S/C11H10N6/c12-11-14-5-9-10(16-11)17(7-15-9)6-8-3-1-2-4-13-8/h1-5,7H,6H2,(H2,12,14,16). The van der Waals surface area contributed by atoms with Crippen molar-refractivity contribution in [1.29, 1.82) is 0 Å². The van der Waals surface area contributed by atoms with Crippen molar-refractivity contribution in [3.05, 3.63) is 42.6 Å². The van der Waals surface area contributed by atoms with E-state index in [1.807, 2.05) is 22.8 Å². The summed E-state index contributed by atoms with van der Waals surface area (Å²) in [7, 11) is 0. The monoisotopic (exact) mass is 226 g/mol. The lowest BCUT2D eigenvalue weighted by atomic mass is 10.3. The van der Waals surface area contributed by atoms with Crippen molar-refractivity contribution in [2.45, 2.75) is 6.54 Å². The first-order valence-corrected chi connectivity index (χ1v) is 5.16. The Labute approximate surface area is 97.2 Å². The molecule has 2 N–H and O–H groups in total. The van der Waals surface area contributed by atoms with Crippen LogP contribution in [-0.4, -0.2) is 24.5 Å². The van der Waals surface area contributed by atoms with Crippen LogP contribution in [0.25, 0.3) is 11.2 Å². The van der Waals surface area contributed by atoms with Crippen molar-refractivity contribution >= 4 is 17.1 Å². The number of nitrogen functional groups attached to an aromatic ring is 1. The van der Waals surface area contributed by atoms with Gasteiger partial charge in [-0.2, -0.15) is 4.98 Å². The highest BCUT2D eigenvalue weighted by Crippen LogP contribution is 2.11. The van der Waals surface area contributed by atoms with Crippen LogP contribution in [0, 0.1) is 0 Å². The maximum Gasteiger partial charge on any atom is 0.222 e. The van der Waals surface area contributed by atoms with Gasteiger partial charge in [-0.3, -0.25) is 4.98 Å². The van der Waals surface area contributed by atoms with Gasteiger partial charge in [0.05, 0.1) is 24.8 Å². The molecule has 3 aromatic rings. The summed E-state index contributed by atoms with van der Waals surface area (Å²) in [5, 5.41) is 0. The molecular weight excluding hydrogens is 216 g/mol. The predicted octanol–water partition coefficient (Wildman–Crippen LogP) is 0.852. The van der Waals surface area contributed by atoms with E-state index in [2.05, 4.69) is 19.9 Å². The molecule has 0 spiro atoms. The Kier molecular flexibility index (Phi) is 2.18. The first-order chi connectivity index (χ1) is 8.33. The molecule has 0 bridgehead atoms. The topological polar surface area (TPSA) is 82.5 Å². The van der Waals surface area contributed by atoms with E-state index in [-0.39, 0.29) is 5.95 Å². The normalized spacial score (nSPS) is 10.8. The smallest absolute Gasteiger partial charge is 0.222 e. The quantitative estimate of drug-likeness (QED) is 0.700. The van der Waals surface area contributed by atoms with Gasteiger partial charge in [-0.15, -0.1) is 0 Å². The SMILES string of the molecule is Nc1ncc2ncn(Cc3ccccn3)c2n1. The van der Waals surface area contributed by atoms with E-state index in [0.717, 1.165) is 16.9 Å². The zero-order chi connectivity index (χ0) is 11.7. The average Bonchev–Trinajstić information content (AvgIpc) is 2.73.